The van der Waals surface area contributed by atoms with Crippen LogP contribution in [0.5, 0.6) is 5.75 Å². The molecule has 0 aromatic heterocycles. The number of phenols is 1. The van der Waals surface area contributed by atoms with Crippen LogP contribution in [0.4, 0.5) is 8.78 Å². The van der Waals surface area contributed by atoms with Gasteiger partial charge in [0.05, 0.1) is 5.02 Å². The van der Waals surface area contributed by atoms with Crippen LogP contribution in [0.3, 0.4) is 0 Å². The van der Waals surface area contributed by atoms with E-state index in [0.717, 1.165) is 0 Å². The van der Waals surface area contributed by atoms with Crippen molar-refractivity contribution in [3.8, 4) is 5.75 Å². The summed E-state index contributed by atoms with van der Waals surface area (Å²) in [5.41, 5.74) is -0.334. The molecule has 13 heavy (non-hydrogen) atoms. The van der Waals surface area contributed by atoms with E-state index in [-0.39, 0.29) is 10.6 Å². The molecule has 0 saturated heterocycles. The second-order valence-corrected chi connectivity index (χ2v) is 2.86. The summed E-state index contributed by atoms with van der Waals surface area (Å²) in [7, 11) is 0. The summed E-state index contributed by atoms with van der Waals surface area (Å²) in [5.74, 6) is -0.430. The molecule has 1 rings (SSSR count). The maximum atomic E-state index is 12.1. The minimum Gasteiger partial charge on any atom is -0.508 e. The van der Waals surface area contributed by atoms with Gasteiger partial charge in [0, 0.05) is 5.56 Å². The number of aliphatic hydroxyl groups excluding tert-OH is 1. The summed E-state index contributed by atoms with van der Waals surface area (Å²) in [6, 6.07) is 3.91. The standard InChI is InChI=1S/C8H7ClF2O2/c9-4-2-1-3-5(12)6(4)7(13)8(10)11/h1-3,7-8,12-13H. The van der Waals surface area contributed by atoms with Crippen molar-refractivity contribution in [1.82, 2.24) is 0 Å². The first-order chi connectivity index (χ1) is 6.04. The largest absolute Gasteiger partial charge is 0.508 e. The van der Waals surface area contributed by atoms with E-state index in [1.165, 1.54) is 18.2 Å². The molecule has 0 spiro atoms. The highest BCUT2D eigenvalue weighted by atomic mass is 35.5. The minimum atomic E-state index is -2.97. The number of rotatable bonds is 2. The van der Waals surface area contributed by atoms with E-state index in [1.54, 1.807) is 0 Å². The summed E-state index contributed by atoms with van der Waals surface area (Å²) >= 11 is 5.52. The van der Waals surface area contributed by atoms with Crippen LogP contribution in [0.25, 0.3) is 0 Å². The Balaban J connectivity index is 3.12. The van der Waals surface area contributed by atoms with Gasteiger partial charge in [-0.05, 0) is 12.1 Å². The van der Waals surface area contributed by atoms with Gasteiger partial charge in [-0.1, -0.05) is 17.7 Å². The number of halogens is 3. The van der Waals surface area contributed by atoms with E-state index < -0.39 is 18.3 Å². The molecule has 0 radical (unpaired) electrons. The second kappa shape index (κ2) is 3.89. The molecule has 0 aliphatic rings. The van der Waals surface area contributed by atoms with E-state index in [0.29, 0.717) is 0 Å². The Morgan fingerprint density at radius 1 is 1.31 bits per heavy atom. The Morgan fingerprint density at radius 2 is 1.92 bits per heavy atom. The van der Waals surface area contributed by atoms with Crippen molar-refractivity contribution in [2.75, 3.05) is 0 Å². The van der Waals surface area contributed by atoms with Gasteiger partial charge < -0.3 is 10.2 Å². The van der Waals surface area contributed by atoms with Gasteiger partial charge in [-0.25, -0.2) is 8.78 Å². The zero-order valence-electron chi connectivity index (χ0n) is 6.42. The highest BCUT2D eigenvalue weighted by molar-refractivity contribution is 6.31. The Hall–Kier alpha value is -0.870. The number of alkyl halides is 2. The zero-order chi connectivity index (χ0) is 10.0. The van der Waals surface area contributed by atoms with E-state index in [2.05, 4.69) is 0 Å². The predicted molar refractivity (Wildman–Crippen MR) is 44.1 cm³/mol. The average Bonchev–Trinajstić information content (AvgIpc) is 2.03. The van der Waals surface area contributed by atoms with E-state index >= 15 is 0 Å². The Kier molecular flexibility index (Phi) is 3.06. The van der Waals surface area contributed by atoms with Gasteiger partial charge in [0.15, 0.2) is 0 Å². The van der Waals surface area contributed by atoms with Crippen LogP contribution in [0, 0.1) is 0 Å². The Morgan fingerprint density at radius 3 is 2.38 bits per heavy atom. The molecule has 5 heteroatoms. The first-order valence-electron chi connectivity index (χ1n) is 3.47. The molecular weight excluding hydrogens is 202 g/mol. The number of benzene rings is 1. The van der Waals surface area contributed by atoms with Crippen molar-refractivity contribution in [2.45, 2.75) is 12.5 Å². The van der Waals surface area contributed by atoms with Crippen LogP contribution < -0.4 is 0 Å². The summed E-state index contributed by atoms with van der Waals surface area (Å²) in [4.78, 5) is 0. The van der Waals surface area contributed by atoms with E-state index in [4.69, 9.17) is 21.8 Å². The molecule has 0 amide bonds. The monoisotopic (exact) mass is 208 g/mol. The van der Waals surface area contributed by atoms with Crippen molar-refractivity contribution < 1.29 is 19.0 Å². The normalized spacial score (nSPS) is 13.3. The summed E-state index contributed by atoms with van der Waals surface area (Å²) in [6.45, 7) is 0. The Labute approximate surface area is 78.4 Å². The fourth-order valence-electron chi connectivity index (χ4n) is 0.944. The van der Waals surface area contributed by atoms with Crippen LogP contribution in [0.15, 0.2) is 18.2 Å². The minimum absolute atomic E-state index is 0.0761. The fourth-order valence-corrected chi connectivity index (χ4v) is 1.23. The average molecular weight is 209 g/mol. The molecular formula is C8H7ClF2O2. The van der Waals surface area contributed by atoms with Crippen molar-refractivity contribution >= 4 is 11.6 Å². The molecule has 2 nitrogen and oxygen atoms in total. The Bertz CT molecular complexity index is 284. The third-order valence-corrected chi connectivity index (χ3v) is 1.89. The van der Waals surface area contributed by atoms with Gasteiger partial charge in [0.2, 0.25) is 0 Å². The number of hydrogen-bond donors (Lipinski definition) is 2. The number of aliphatic hydroxyl groups is 1. The van der Waals surface area contributed by atoms with Gasteiger partial charge in [-0.2, -0.15) is 0 Å². The molecule has 0 fully saturated rings. The molecule has 1 aromatic carbocycles. The first-order valence-corrected chi connectivity index (χ1v) is 3.85. The molecule has 1 aromatic rings. The summed E-state index contributed by atoms with van der Waals surface area (Å²) in [6.07, 6.45) is -5.01. The van der Waals surface area contributed by atoms with Gasteiger partial charge >= 0.3 is 0 Å². The van der Waals surface area contributed by atoms with Crippen LogP contribution in [0.1, 0.15) is 11.7 Å². The number of phenolic OH excluding ortho intramolecular Hbond substituents is 1. The smallest absolute Gasteiger partial charge is 0.268 e. The van der Waals surface area contributed by atoms with Gasteiger partial charge in [-0.3, -0.25) is 0 Å². The number of hydrogen-bond acceptors (Lipinski definition) is 2. The lowest BCUT2D eigenvalue weighted by Gasteiger charge is -2.12. The van der Waals surface area contributed by atoms with E-state index in [9.17, 15) is 8.78 Å². The van der Waals surface area contributed by atoms with E-state index in [1.807, 2.05) is 0 Å². The third-order valence-electron chi connectivity index (χ3n) is 1.56. The number of aromatic hydroxyl groups is 1. The maximum Gasteiger partial charge on any atom is 0.268 e. The van der Waals surface area contributed by atoms with Crippen LogP contribution in [0.2, 0.25) is 5.02 Å². The molecule has 72 valence electrons. The topological polar surface area (TPSA) is 40.5 Å². The van der Waals surface area contributed by atoms with Gasteiger partial charge in [-0.15, -0.1) is 0 Å². The molecule has 0 aliphatic carbocycles. The van der Waals surface area contributed by atoms with Crippen molar-refractivity contribution in [3.63, 3.8) is 0 Å². The molecule has 0 heterocycles. The fraction of sp³-hybridized carbons (Fsp3) is 0.250. The maximum absolute atomic E-state index is 12.1. The lowest BCUT2D eigenvalue weighted by atomic mass is 10.1. The molecule has 0 aliphatic heterocycles. The lowest BCUT2D eigenvalue weighted by Crippen LogP contribution is -2.08. The molecule has 0 saturated carbocycles. The molecule has 2 N–H and O–H groups in total. The van der Waals surface area contributed by atoms with Crippen molar-refractivity contribution in [2.24, 2.45) is 0 Å². The molecule has 1 unspecified atom stereocenters. The van der Waals surface area contributed by atoms with Crippen LogP contribution in [-0.4, -0.2) is 16.6 Å². The van der Waals surface area contributed by atoms with Gasteiger partial charge in [0.1, 0.15) is 11.9 Å². The predicted octanol–water partition coefficient (Wildman–Crippen LogP) is 2.34. The summed E-state index contributed by atoms with van der Waals surface area (Å²) < 4.78 is 24.1. The molecule has 0 bridgehead atoms. The van der Waals surface area contributed by atoms with Crippen LogP contribution in [-0.2, 0) is 0 Å². The zero-order valence-corrected chi connectivity index (χ0v) is 7.17. The van der Waals surface area contributed by atoms with Crippen LogP contribution >= 0.6 is 11.6 Å². The summed E-state index contributed by atoms with van der Waals surface area (Å²) in [5, 5.41) is 18.0. The lowest BCUT2D eigenvalue weighted by molar-refractivity contribution is -0.00692. The third kappa shape index (κ3) is 2.08. The first kappa shape index (κ1) is 10.2. The highest BCUT2D eigenvalue weighted by Gasteiger charge is 2.24. The van der Waals surface area contributed by atoms with Crippen molar-refractivity contribution in [1.29, 1.82) is 0 Å². The molecule has 1 atom stereocenters. The van der Waals surface area contributed by atoms with Gasteiger partial charge in [0.25, 0.3) is 6.43 Å². The van der Waals surface area contributed by atoms with Crippen molar-refractivity contribution in [3.05, 3.63) is 28.8 Å². The quantitative estimate of drug-likeness (QED) is 0.783. The SMILES string of the molecule is Oc1cccc(Cl)c1C(O)C(F)F. The highest BCUT2D eigenvalue weighted by Crippen LogP contribution is 2.34. The second-order valence-electron chi connectivity index (χ2n) is 2.45.